The van der Waals surface area contributed by atoms with Gasteiger partial charge in [-0.05, 0) is 43.2 Å². The minimum atomic E-state index is -0.449. The Kier molecular flexibility index (Phi) is 8.46. The lowest BCUT2D eigenvalue weighted by molar-refractivity contribution is -0.577. The van der Waals surface area contributed by atoms with E-state index in [1.54, 1.807) is 24.3 Å². The lowest BCUT2D eigenvalue weighted by Gasteiger charge is -2.36. The molecular weight excluding hydrogens is 447 g/mol. The number of nitrogens with zero attached hydrogens (tertiary/aromatic N) is 3. The number of likely N-dealkylation sites (N-methyl/N-ethyl adjacent to an activating group) is 1. The Labute approximate surface area is 204 Å². The van der Waals surface area contributed by atoms with Gasteiger partial charge < -0.3 is 26.1 Å². The Bertz CT molecular complexity index is 1250. The van der Waals surface area contributed by atoms with Crippen LogP contribution in [-0.2, 0) is 0 Å². The molecule has 9 heteroatoms. The van der Waals surface area contributed by atoms with Crippen LogP contribution in [0.15, 0.2) is 65.8 Å². The van der Waals surface area contributed by atoms with Crippen molar-refractivity contribution in [1.82, 2.24) is 10.2 Å². The van der Waals surface area contributed by atoms with Gasteiger partial charge in [-0.3, -0.25) is 0 Å². The molecule has 0 aliphatic rings. The number of fused-ring (bicyclic) bond motifs is 1. The van der Waals surface area contributed by atoms with Gasteiger partial charge in [0.15, 0.2) is 6.20 Å². The molecule has 182 valence electrons. The monoisotopic (exact) mass is 476 g/mol. The molecule has 1 unspecified atom stereocenters. The van der Waals surface area contributed by atoms with Crippen LogP contribution in [0, 0.1) is 29.4 Å². The highest BCUT2D eigenvalue weighted by Gasteiger charge is 2.25. The number of rotatable bonds is 7. The number of aliphatic imine (C=N–C) groups is 1. The van der Waals surface area contributed by atoms with Gasteiger partial charge in [0.05, 0.1) is 17.1 Å². The fourth-order valence-corrected chi connectivity index (χ4v) is 3.86. The van der Waals surface area contributed by atoms with Gasteiger partial charge in [0, 0.05) is 37.0 Å². The first kappa shape index (κ1) is 25.3. The van der Waals surface area contributed by atoms with Crippen molar-refractivity contribution >= 4 is 34.3 Å². The predicted molar refractivity (Wildman–Crippen MR) is 137 cm³/mol. The molecule has 3 rings (SSSR count). The van der Waals surface area contributed by atoms with Crippen molar-refractivity contribution in [3.8, 4) is 12.5 Å². The quantitative estimate of drug-likeness (QED) is 0.157. The van der Waals surface area contributed by atoms with Crippen LogP contribution in [0.3, 0.4) is 0 Å². The van der Waals surface area contributed by atoms with Crippen LogP contribution in [0.25, 0.3) is 10.9 Å². The van der Waals surface area contributed by atoms with Crippen LogP contribution in [0.1, 0.15) is 20.8 Å². The van der Waals surface area contributed by atoms with Gasteiger partial charge in [0.1, 0.15) is 5.82 Å². The van der Waals surface area contributed by atoms with Crippen LogP contribution in [0.2, 0.25) is 0 Å². The van der Waals surface area contributed by atoms with Gasteiger partial charge >= 0.3 is 6.03 Å². The standard InChI is InChI=1S/C26H29FN6O2/c1-5-28-25(31-22-13-8-14-23-21(22)12-9-15-33(23)35)32(6-2)24(18(3)4)17-29-26(34)30-20-11-7-10-19(27)16-20/h1,7-16,18,24H,6,17H2,2-4H3,(H,28,31)(H2,29,30,34). The number of hydrogen-bond acceptors (Lipinski definition) is 3. The van der Waals surface area contributed by atoms with Crippen LogP contribution in [-0.4, -0.2) is 36.0 Å². The number of amides is 2. The first-order valence-corrected chi connectivity index (χ1v) is 11.3. The third-order valence-corrected chi connectivity index (χ3v) is 5.56. The van der Waals surface area contributed by atoms with Crippen LogP contribution >= 0.6 is 0 Å². The molecule has 8 nitrogen and oxygen atoms in total. The maximum Gasteiger partial charge on any atom is 0.319 e. The fourth-order valence-electron chi connectivity index (χ4n) is 3.86. The summed E-state index contributed by atoms with van der Waals surface area (Å²) in [6.45, 7) is 6.87. The van der Waals surface area contributed by atoms with E-state index in [4.69, 9.17) is 6.42 Å². The number of terminal acetylenes is 1. The van der Waals surface area contributed by atoms with Crippen molar-refractivity contribution in [2.45, 2.75) is 26.8 Å². The molecule has 2 aromatic carbocycles. The van der Waals surface area contributed by atoms with Gasteiger partial charge in [-0.2, -0.15) is 9.72 Å². The highest BCUT2D eigenvalue weighted by Crippen LogP contribution is 2.22. The van der Waals surface area contributed by atoms with Gasteiger partial charge in [0.2, 0.25) is 11.5 Å². The molecule has 2 amide bonds. The second kappa shape index (κ2) is 11.7. The molecule has 0 radical (unpaired) electrons. The zero-order chi connectivity index (χ0) is 25.4. The van der Waals surface area contributed by atoms with Gasteiger partial charge in [0.25, 0.3) is 0 Å². The largest absolute Gasteiger partial charge is 0.618 e. The molecule has 0 bridgehead atoms. The highest BCUT2D eigenvalue weighted by atomic mass is 19.1. The average molecular weight is 477 g/mol. The Morgan fingerprint density at radius 1 is 1.20 bits per heavy atom. The molecule has 3 N–H and O–H groups in total. The summed E-state index contributed by atoms with van der Waals surface area (Å²) in [4.78, 5) is 18.7. The number of carbonyl (C=O) groups excluding carboxylic acids is 1. The van der Waals surface area contributed by atoms with E-state index in [2.05, 4.69) is 27.0 Å². The number of urea groups is 1. The minimum absolute atomic E-state index is 0.116. The van der Waals surface area contributed by atoms with E-state index in [-0.39, 0.29) is 18.5 Å². The first-order valence-electron chi connectivity index (χ1n) is 11.3. The second-order valence-electron chi connectivity index (χ2n) is 8.20. The number of aromatic nitrogens is 1. The van der Waals surface area contributed by atoms with Crippen molar-refractivity contribution in [1.29, 1.82) is 0 Å². The number of hydrogen-bond donors (Lipinski definition) is 3. The van der Waals surface area contributed by atoms with Crippen molar-refractivity contribution in [3.05, 3.63) is 71.8 Å². The van der Waals surface area contributed by atoms with Gasteiger partial charge in [-0.15, -0.1) is 0 Å². The minimum Gasteiger partial charge on any atom is -0.618 e. The average Bonchev–Trinajstić information content (AvgIpc) is 2.82. The van der Waals surface area contributed by atoms with E-state index in [1.807, 2.05) is 37.8 Å². The fraction of sp³-hybridized carbons (Fsp3) is 0.269. The molecule has 1 heterocycles. The summed E-state index contributed by atoms with van der Waals surface area (Å²) < 4.78 is 14.2. The van der Waals surface area contributed by atoms with E-state index in [1.165, 1.54) is 24.4 Å². The summed E-state index contributed by atoms with van der Waals surface area (Å²) in [5.74, 6) is 0.109. The molecule has 0 fully saturated rings. The third-order valence-electron chi connectivity index (χ3n) is 5.56. The van der Waals surface area contributed by atoms with E-state index < -0.39 is 11.8 Å². The summed E-state index contributed by atoms with van der Waals surface area (Å²) in [5, 5.41) is 21.7. The first-order chi connectivity index (χ1) is 16.8. The summed E-state index contributed by atoms with van der Waals surface area (Å²) in [6.07, 6.45) is 6.98. The topological polar surface area (TPSA) is 95.7 Å². The van der Waals surface area contributed by atoms with E-state index in [9.17, 15) is 14.4 Å². The zero-order valence-electron chi connectivity index (χ0n) is 20.0. The van der Waals surface area contributed by atoms with Crippen molar-refractivity contribution in [3.63, 3.8) is 0 Å². The van der Waals surface area contributed by atoms with E-state index in [0.717, 1.165) is 10.1 Å². The number of nitrogens with one attached hydrogen (secondary N) is 3. The maximum atomic E-state index is 13.4. The van der Waals surface area contributed by atoms with Crippen molar-refractivity contribution in [2.75, 3.05) is 23.7 Å². The highest BCUT2D eigenvalue weighted by molar-refractivity contribution is 6.02. The lowest BCUT2D eigenvalue weighted by Crippen LogP contribution is -2.52. The molecule has 0 aliphatic heterocycles. The van der Waals surface area contributed by atoms with Gasteiger partial charge in [-0.25, -0.2) is 9.18 Å². The number of carbonyl (C=O) groups is 1. The normalized spacial score (nSPS) is 12.2. The van der Waals surface area contributed by atoms with E-state index in [0.29, 0.717) is 29.4 Å². The Balaban J connectivity index is 1.80. The molecule has 3 aromatic rings. The summed E-state index contributed by atoms with van der Waals surface area (Å²) in [6, 6.07) is 16.3. The Morgan fingerprint density at radius 2 is 1.97 bits per heavy atom. The molecule has 0 saturated carbocycles. The summed E-state index contributed by atoms with van der Waals surface area (Å²) in [5.41, 5.74) is 1.55. The van der Waals surface area contributed by atoms with Crippen molar-refractivity contribution < 1.29 is 13.9 Å². The molecule has 1 aromatic heterocycles. The second-order valence-corrected chi connectivity index (χ2v) is 8.20. The number of guanidine groups is 1. The summed E-state index contributed by atoms with van der Waals surface area (Å²) in [7, 11) is 0. The van der Waals surface area contributed by atoms with E-state index >= 15 is 0 Å². The predicted octanol–water partition coefficient (Wildman–Crippen LogP) is 4.14. The lowest BCUT2D eigenvalue weighted by atomic mass is 10.0. The van der Waals surface area contributed by atoms with Crippen molar-refractivity contribution in [2.24, 2.45) is 10.9 Å². The third kappa shape index (κ3) is 6.38. The summed E-state index contributed by atoms with van der Waals surface area (Å²) >= 11 is 0. The molecular formula is C26H29FN6O2. The number of anilines is 2. The molecule has 0 spiro atoms. The van der Waals surface area contributed by atoms with Crippen LogP contribution in [0.4, 0.5) is 20.6 Å². The Hall–Kier alpha value is -4.32. The maximum absolute atomic E-state index is 13.4. The number of halogens is 1. The number of benzene rings is 2. The number of pyridine rings is 1. The van der Waals surface area contributed by atoms with Gasteiger partial charge in [-0.1, -0.05) is 32.4 Å². The molecule has 1 atom stereocenters. The zero-order valence-corrected chi connectivity index (χ0v) is 20.0. The SMILES string of the molecule is C#C/N=C(\Nc1cccc2c1ccc[n+]2[O-])N(CC)C(CNC(=O)Nc1cccc(F)c1)C(C)C. The Morgan fingerprint density at radius 3 is 2.66 bits per heavy atom. The van der Waals surface area contributed by atoms with Crippen LogP contribution < -0.4 is 20.7 Å². The molecule has 0 aliphatic carbocycles. The van der Waals surface area contributed by atoms with Crippen LogP contribution in [0.5, 0.6) is 0 Å². The molecule has 35 heavy (non-hydrogen) atoms. The smallest absolute Gasteiger partial charge is 0.319 e. The molecule has 0 saturated heterocycles.